The normalized spacial score (nSPS) is 30.3. The first-order chi connectivity index (χ1) is 12.3. The van der Waals surface area contributed by atoms with E-state index in [0.717, 1.165) is 0 Å². The van der Waals surface area contributed by atoms with Gasteiger partial charge in [0.25, 0.3) is 0 Å². The Morgan fingerprint density at radius 3 is 1.41 bits per heavy atom. The number of carbonyl (C=O) groups is 2. The van der Waals surface area contributed by atoms with Crippen LogP contribution in [0.25, 0.3) is 0 Å². The molecule has 4 atom stereocenters. The molecule has 0 bridgehead atoms. The molecule has 6 N–H and O–H groups in total. The van der Waals surface area contributed by atoms with Crippen molar-refractivity contribution in [3.63, 3.8) is 0 Å². The number of hydrogen-bond donors (Lipinski definition) is 4. The van der Waals surface area contributed by atoms with Gasteiger partial charge in [-0.1, -0.05) is 12.2 Å². The highest BCUT2D eigenvalue weighted by Gasteiger charge is 2.57. The van der Waals surface area contributed by atoms with Gasteiger partial charge in [0.05, 0.1) is 13.2 Å². The van der Waals surface area contributed by atoms with Crippen molar-refractivity contribution in [2.24, 2.45) is 23.3 Å². The molecule has 11 heteroatoms. The zero-order valence-electron chi connectivity index (χ0n) is 15.5. The molecule has 0 aromatic carbocycles. The smallest absolute Gasteiger partial charge is 0.394 e. The van der Waals surface area contributed by atoms with Crippen molar-refractivity contribution < 1.29 is 36.6 Å². The van der Waals surface area contributed by atoms with Crippen LogP contribution in [0.4, 0.5) is 0 Å². The van der Waals surface area contributed by atoms with Gasteiger partial charge in [-0.15, -0.1) is 13.2 Å². The number of nitrogens with two attached hydrogens (primary N) is 2. The average molecular weight is 408 g/mol. The van der Waals surface area contributed by atoms with Crippen molar-refractivity contribution in [1.29, 1.82) is 0 Å². The molecule has 0 aromatic heterocycles. The predicted octanol–water partition coefficient (Wildman–Crippen LogP) is 0.253. The van der Waals surface area contributed by atoms with Gasteiger partial charge in [-0.05, 0) is 26.7 Å². The molecule has 0 amide bonds. The predicted molar refractivity (Wildman–Crippen MR) is 97.9 cm³/mol. The second-order valence-corrected chi connectivity index (χ2v) is 6.96. The fourth-order valence-electron chi connectivity index (χ4n) is 2.20. The maximum Gasteiger partial charge on any atom is 0.394 e. The summed E-state index contributed by atoms with van der Waals surface area (Å²) in [6.07, 6.45) is 4.76. The van der Waals surface area contributed by atoms with Crippen molar-refractivity contribution in [3.8, 4) is 0 Å². The Morgan fingerprint density at radius 2 is 1.26 bits per heavy atom. The van der Waals surface area contributed by atoms with E-state index in [2.05, 4.69) is 13.2 Å². The number of rotatable bonds is 6. The summed E-state index contributed by atoms with van der Waals surface area (Å²) in [5.41, 5.74) is 9.87. The van der Waals surface area contributed by atoms with Crippen LogP contribution < -0.4 is 11.5 Å². The molecule has 0 aromatic rings. The van der Waals surface area contributed by atoms with Gasteiger partial charge in [-0.3, -0.25) is 18.7 Å². The molecule has 0 radical (unpaired) electrons. The SMILES string of the molecule is C=CC1C[C@]1(N)C(=O)OCC.C=CC1C[C@]1(N)C(=O)OCC.O=S(=O)(O)O. The molecule has 2 saturated carbocycles. The Labute approximate surface area is 159 Å². The van der Waals surface area contributed by atoms with Gasteiger partial charge in [0, 0.05) is 11.8 Å². The highest BCUT2D eigenvalue weighted by Crippen LogP contribution is 2.43. The number of hydrogen-bond acceptors (Lipinski definition) is 8. The first kappa shape index (κ1) is 25.2. The molecule has 0 aliphatic heterocycles. The van der Waals surface area contributed by atoms with Crippen LogP contribution in [0, 0.1) is 11.8 Å². The van der Waals surface area contributed by atoms with Crippen molar-refractivity contribution in [3.05, 3.63) is 25.3 Å². The van der Waals surface area contributed by atoms with Gasteiger partial charge < -0.3 is 20.9 Å². The van der Waals surface area contributed by atoms with Crippen molar-refractivity contribution >= 4 is 22.3 Å². The van der Waals surface area contributed by atoms with E-state index in [0.29, 0.717) is 26.1 Å². The van der Waals surface area contributed by atoms with Gasteiger partial charge >= 0.3 is 22.3 Å². The molecule has 10 nitrogen and oxygen atoms in total. The minimum Gasteiger partial charge on any atom is -0.465 e. The maximum atomic E-state index is 11.1. The van der Waals surface area contributed by atoms with Gasteiger partial charge in [-0.25, -0.2) is 0 Å². The summed E-state index contributed by atoms with van der Waals surface area (Å²) in [5.74, 6) is -0.377. The minimum atomic E-state index is -4.67. The molecule has 2 aliphatic carbocycles. The van der Waals surface area contributed by atoms with E-state index < -0.39 is 21.5 Å². The van der Waals surface area contributed by atoms with E-state index in [1.807, 2.05) is 0 Å². The first-order valence-corrected chi connectivity index (χ1v) is 9.56. The molecule has 0 heterocycles. The Bertz CT molecular complexity index is 615. The summed E-state index contributed by atoms with van der Waals surface area (Å²) in [7, 11) is -4.67. The van der Waals surface area contributed by atoms with Gasteiger partial charge in [0.2, 0.25) is 0 Å². The largest absolute Gasteiger partial charge is 0.465 e. The fourth-order valence-corrected chi connectivity index (χ4v) is 2.20. The number of carbonyl (C=O) groups excluding carboxylic acids is 2. The van der Waals surface area contributed by atoms with Crippen LogP contribution >= 0.6 is 0 Å². The van der Waals surface area contributed by atoms with Gasteiger partial charge in [0.1, 0.15) is 11.1 Å². The Balaban J connectivity index is 0.000000405. The summed E-state index contributed by atoms with van der Waals surface area (Å²) in [6, 6.07) is 0. The van der Waals surface area contributed by atoms with Crippen LogP contribution in [0.15, 0.2) is 25.3 Å². The van der Waals surface area contributed by atoms with Crippen molar-refractivity contribution in [2.45, 2.75) is 37.8 Å². The van der Waals surface area contributed by atoms with Crippen LogP contribution in [-0.4, -0.2) is 53.8 Å². The molecular weight excluding hydrogens is 380 g/mol. The van der Waals surface area contributed by atoms with E-state index in [9.17, 15) is 9.59 Å². The molecule has 2 unspecified atom stereocenters. The summed E-state index contributed by atoms with van der Waals surface area (Å²) in [6.45, 7) is 11.5. The first-order valence-electron chi connectivity index (χ1n) is 8.17. The molecule has 2 aliphatic rings. The maximum absolute atomic E-state index is 11.1. The molecule has 27 heavy (non-hydrogen) atoms. The van der Waals surface area contributed by atoms with E-state index >= 15 is 0 Å². The van der Waals surface area contributed by atoms with E-state index in [-0.39, 0.29) is 23.8 Å². The Hall–Kier alpha value is -1.79. The molecular formula is C16H28N2O8S. The number of ether oxygens (including phenoxy) is 2. The molecule has 2 rings (SSSR count). The highest BCUT2D eigenvalue weighted by molar-refractivity contribution is 7.79. The van der Waals surface area contributed by atoms with Crippen LogP contribution in [-0.2, 0) is 29.5 Å². The molecule has 2 fully saturated rings. The van der Waals surface area contributed by atoms with E-state index in [1.165, 1.54) is 0 Å². The quantitative estimate of drug-likeness (QED) is 0.270. The average Bonchev–Trinajstić information content (AvgIpc) is 3.43. The van der Waals surface area contributed by atoms with Crippen molar-refractivity contribution in [1.82, 2.24) is 0 Å². The zero-order valence-corrected chi connectivity index (χ0v) is 16.3. The molecule has 0 saturated heterocycles. The summed E-state index contributed by atoms with van der Waals surface area (Å²) in [5, 5.41) is 0. The third-order valence-electron chi connectivity index (χ3n) is 4.00. The van der Waals surface area contributed by atoms with E-state index in [4.69, 9.17) is 38.5 Å². The topological polar surface area (TPSA) is 179 Å². The van der Waals surface area contributed by atoms with Crippen LogP contribution in [0.5, 0.6) is 0 Å². The van der Waals surface area contributed by atoms with Crippen molar-refractivity contribution in [2.75, 3.05) is 13.2 Å². The lowest BCUT2D eigenvalue weighted by molar-refractivity contribution is -0.146. The van der Waals surface area contributed by atoms with Gasteiger partial charge in [-0.2, -0.15) is 8.42 Å². The van der Waals surface area contributed by atoms with Crippen LogP contribution in [0.1, 0.15) is 26.7 Å². The minimum absolute atomic E-state index is 0.113. The summed E-state index contributed by atoms with van der Waals surface area (Å²) in [4.78, 5) is 22.2. The Kier molecular flexibility index (Phi) is 9.29. The second-order valence-electron chi connectivity index (χ2n) is 6.06. The monoisotopic (exact) mass is 408 g/mol. The lowest BCUT2D eigenvalue weighted by Crippen LogP contribution is -2.36. The molecule has 156 valence electrons. The van der Waals surface area contributed by atoms with Crippen LogP contribution in [0.3, 0.4) is 0 Å². The standard InChI is InChI=1S/2C8H13NO2.H2O4S/c2*1-3-6-5-8(6,9)7(10)11-4-2;1-5(2,3)4/h2*3,6H,1,4-5,9H2,2H3;(H2,1,2,3,4)/t2*6?,8-;/m11./s1. The lowest BCUT2D eigenvalue weighted by atomic mass is 10.2. The van der Waals surface area contributed by atoms with Crippen LogP contribution in [0.2, 0.25) is 0 Å². The summed E-state index contributed by atoms with van der Waals surface area (Å²) >= 11 is 0. The number of esters is 2. The fraction of sp³-hybridized carbons (Fsp3) is 0.625. The zero-order chi connectivity index (χ0) is 21.5. The Morgan fingerprint density at radius 1 is 1.00 bits per heavy atom. The molecule has 0 spiro atoms. The second kappa shape index (κ2) is 9.95. The van der Waals surface area contributed by atoms with E-state index in [1.54, 1.807) is 26.0 Å². The summed E-state index contributed by atoms with van der Waals surface area (Å²) < 4.78 is 41.2. The lowest BCUT2D eigenvalue weighted by Gasteiger charge is -2.07. The third-order valence-corrected chi connectivity index (χ3v) is 4.00. The third kappa shape index (κ3) is 8.18. The highest BCUT2D eigenvalue weighted by atomic mass is 32.3. The van der Waals surface area contributed by atoms with Gasteiger partial charge in [0.15, 0.2) is 0 Å².